The van der Waals surface area contributed by atoms with Crippen molar-refractivity contribution in [3.8, 4) is 0 Å². The molecule has 1 saturated heterocycles. The monoisotopic (exact) mass is 326 g/mol. The average molecular weight is 327 g/mol. The van der Waals surface area contributed by atoms with Crippen LogP contribution < -0.4 is 5.73 Å². The maximum atomic E-state index is 13.2. The van der Waals surface area contributed by atoms with E-state index in [9.17, 15) is 9.18 Å². The van der Waals surface area contributed by atoms with Crippen molar-refractivity contribution in [1.29, 1.82) is 0 Å². The topological polar surface area (TPSA) is 46.3 Å². The van der Waals surface area contributed by atoms with Crippen LogP contribution in [0.1, 0.15) is 25.3 Å². The molecule has 2 aliphatic rings. The van der Waals surface area contributed by atoms with Crippen molar-refractivity contribution in [2.75, 3.05) is 13.1 Å². The predicted octanol–water partition coefficient (Wildman–Crippen LogP) is 2.62. The number of fused-ring (bicyclic) bond motifs is 1. The molecule has 3 rings (SSSR count). The van der Waals surface area contributed by atoms with Gasteiger partial charge in [-0.05, 0) is 48.8 Å². The molecule has 0 radical (unpaired) electrons. The van der Waals surface area contributed by atoms with Crippen LogP contribution in [0.25, 0.3) is 0 Å². The van der Waals surface area contributed by atoms with E-state index in [1.165, 1.54) is 12.1 Å². The lowest BCUT2D eigenvalue weighted by atomic mass is 9.98. The fraction of sp³-hybridized carbons (Fsp3) is 0.588. The Hall–Kier alpha value is -1.13. The SMILES string of the molecule is CC(Cc1cccc(F)c1)C(=O)N1CC2CCC(N)C2C1.Cl. The zero-order valence-electron chi connectivity index (χ0n) is 12.9. The van der Waals surface area contributed by atoms with Gasteiger partial charge in [0.2, 0.25) is 5.91 Å². The maximum Gasteiger partial charge on any atom is 0.225 e. The van der Waals surface area contributed by atoms with Gasteiger partial charge >= 0.3 is 0 Å². The second-order valence-corrected chi connectivity index (χ2v) is 6.64. The summed E-state index contributed by atoms with van der Waals surface area (Å²) in [6.45, 7) is 3.59. The van der Waals surface area contributed by atoms with Gasteiger partial charge in [0.25, 0.3) is 0 Å². The molecule has 0 spiro atoms. The number of benzene rings is 1. The molecule has 22 heavy (non-hydrogen) atoms. The van der Waals surface area contributed by atoms with Gasteiger partial charge in [0.05, 0.1) is 0 Å². The smallest absolute Gasteiger partial charge is 0.225 e. The number of hydrogen-bond donors (Lipinski definition) is 1. The molecular formula is C17H24ClFN2O. The van der Waals surface area contributed by atoms with Gasteiger partial charge in [-0.1, -0.05) is 19.1 Å². The Balaban J connectivity index is 0.00000176. The average Bonchev–Trinajstić information content (AvgIpc) is 3.00. The highest BCUT2D eigenvalue weighted by molar-refractivity contribution is 5.85. The summed E-state index contributed by atoms with van der Waals surface area (Å²) in [5.41, 5.74) is 7.00. The Labute approximate surface area is 137 Å². The van der Waals surface area contributed by atoms with Crippen LogP contribution in [0.15, 0.2) is 24.3 Å². The van der Waals surface area contributed by atoms with Crippen LogP contribution in [0.2, 0.25) is 0 Å². The first-order chi connectivity index (χ1) is 10.0. The zero-order chi connectivity index (χ0) is 15.0. The van der Waals surface area contributed by atoms with E-state index in [1.54, 1.807) is 6.07 Å². The molecule has 1 amide bonds. The number of rotatable bonds is 3. The van der Waals surface area contributed by atoms with Gasteiger partial charge in [0, 0.05) is 25.0 Å². The van der Waals surface area contributed by atoms with Crippen LogP contribution in [0, 0.1) is 23.6 Å². The highest BCUT2D eigenvalue weighted by Gasteiger charge is 2.42. The molecule has 5 heteroatoms. The molecule has 1 aromatic rings. The summed E-state index contributed by atoms with van der Waals surface area (Å²) in [4.78, 5) is 14.5. The summed E-state index contributed by atoms with van der Waals surface area (Å²) >= 11 is 0. The van der Waals surface area contributed by atoms with Crippen molar-refractivity contribution < 1.29 is 9.18 Å². The quantitative estimate of drug-likeness (QED) is 0.928. The van der Waals surface area contributed by atoms with Gasteiger partial charge in [0.15, 0.2) is 0 Å². The molecule has 122 valence electrons. The van der Waals surface area contributed by atoms with Gasteiger partial charge in [0.1, 0.15) is 5.82 Å². The highest BCUT2D eigenvalue weighted by atomic mass is 35.5. The molecule has 4 unspecified atom stereocenters. The number of nitrogens with two attached hydrogens (primary N) is 1. The van der Waals surface area contributed by atoms with E-state index in [0.717, 1.165) is 31.5 Å². The minimum atomic E-state index is -0.242. The van der Waals surface area contributed by atoms with E-state index in [0.29, 0.717) is 18.3 Å². The Morgan fingerprint density at radius 3 is 2.86 bits per heavy atom. The Bertz CT molecular complexity index is 539. The van der Waals surface area contributed by atoms with Crippen molar-refractivity contribution in [3.63, 3.8) is 0 Å². The Kier molecular flexibility index (Phi) is 5.45. The Morgan fingerprint density at radius 1 is 1.41 bits per heavy atom. The lowest BCUT2D eigenvalue weighted by Crippen LogP contribution is -2.36. The second-order valence-electron chi connectivity index (χ2n) is 6.64. The molecule has 0 aromatic heterocycles. The third kappa shape index (κ3) is 3.44. The van der Waals surface area contributed by atoms with Gasteiger partial charge in [-0.25, -0.2) is 4.39 Å². The maximum absolute atomic E-state index is 13.2. The summed E-state index contributed by atoms with van der Waals surface area (Å²) in [7, 11) is 0. The minimum Gasteiger partial charge on any atom is -0.342 e. The zero-order valence-corrected chi connectivity index (χ0v) is 13.7. The van der Waals surface area contributed by atoms with Gasteiger partial charge in [-0.3, -0.25) is 4.79 Å². The number of hydrogen-bond acceptors (Lipinski definition) is 2. The molecule has 2 N–H and O–H groups in total. The first kappa shape index (κ1) is 17.2. The van der Waals surface area contributed by atoms with Crippen LogP contribution in [0.3, 0.4) is 0 Å². The highest BCUT2D eigenvalue weighted by Crippen LogP contribution is 2.37. The van der Waals surface area contributed by atoms with Crippen molar-refractivity contribution in [2.24, 2.45) is 23.5 Å². The van der Waals surface area contributed by atoms with E-state index in [2.05, 4.69) is 0 Å². The lowest BCUT2D eigenvalue weighted by molar-refractivity contribution is -0.134. The summed E-state index contributed by atoms with van der Waals surface area (Å²) in [6, 6.07) is 6.77. The number of halogens is 2. The van der Waals surface area contributed by atoms with E-state index in [4.69, 9.17) is 5.73 Å². The molecule has 1 saturated carbocycles. The molecule has 3 nitrogen and oxygen atoms in total. The lowest BCUT2D eigenvalue weighted by Gasteiger charge is -2.22. The number of amides is 1. The van der Waals surface area contributed by atoms with Crippen LogP contribution in [-0.4, -0.2) is 29.9 Å². The standard InChI is InChI=1S/C17H23FN2O.ClH/c1-11(7-12-3-2-4-14(18)8-12)17(21)20-9-13-5-6-16(19)15(13)10-20;/h2-4,8,11,13,15-16H,5-7,9-10,19H2,1H3;1H. The summed E-state index contributed by atoms with van der Waals surface area (Å²) in [5.74, 6) is 0.900. The van der Waals surface area contributed by atoms with Gasteiger partial charge < -0.3 is 10.6 Å². The molecule has 1 aliphatic carbocycles. The summed E-state index contributed by atoms with van der Waals surface area (Å²) < 4.78 is 13.2. The van der Waals surface area contributed by atoms with Crippen molar-refractivity contribution >= 4 is 18.3 Å². The van der Waals surface area contributed by atoms with Crippen molar-refractivity contribution in [2.45, 2.75) is 32.2 Å². The van der Waals surface area contributed by atoms with E-state index in [1.807, 2.05) is 17.9 Å². The second kappa shape index (κ2) is 6.97. The fourth-order valence-corrected chi connectivity index (χ4v) is 3.90. The summed E-state index contributed by atoms with van der Waals surface area (Å²) in [5, 5.41) is 0. The minimum absolute atomic E-state index is 0. The third-order valence-electron chi connectivity index (χ3n) is 5.08. The molecule has 4 atom stereocenters. The van der Waals surface area contributed by atoms with Crippen LogP contribution >= 0.6 is 12.4 Å². The molecule has 2 fully saturated rings. The molecule has 1 heterocycles. The van der Waals surface area contributed by atoms with E-state index < -0.39 is 0 Å². The predicted molar refractivity (Wildman–Crippen MR) is 87.3 cm³/mol. The molecule has 0 bridgehead atoms. The first-order valence-electron chi connectivity index (χ1n) is 7.83. The molecular weight excluding hydrogens is 303 g/mol. The van der Waals surface area contributed by atoms with Crippen LogP contribution in [-0.2, 0) is 11.2 Å². The fourth-order valence-electron chi connectivity index (χ4n) is 3.90. The number of nitrogens with zero attached hydrogens (tertiary/aromatic N) is 1. The van der Waals surface area contributed by atoms with Gasteiger partial charge in [-0.2, -0.15) is 0 Å². The third-order valence-corrected chi connectivity index (χ3v) is 5.08. The molecule has 1 aliphatic heterocycles. The normalized spacial score (nSPS) is 28.1. The van der Waals surface area contributed by atoms with Gasteiger partial charge in [-0.15, -0.1) is 12.4 Å². The molecule has 1 aromatic carbocycles. The van der Waals surface area contributed by atoms with Crippen LogP contribution in [0.4, 0.5) is 4.39 Å². The summed E-state index contributed by atoms with van der Waals surface area (Å²) in [6.07, 6.45) is 2.83. The van der Waals surface area contributed by atoms with Crippen molar-refractivity contribution in [1.82, 2.24) is 4.90 Å². The number of likely N-dealkylation sites (tertiary alicyclic amines) is 1. The van der Waals surface area contributed by atoms with Crippen LogP contribution in [0.5, 0.6) is 0 Å². The van der Waals surface area contributed by atoms with E-state index in [-0.39, 0.29) is 36.1 Å². The largest absolute Gasteiger partial charge is 0.342 e. The van der Waals surface area contributed by atoms with E-state index >= 15 is 0 Å². The number of carbonyl (C=O) groups excluding carboxylic acids is 1. The number of carbonyl (C=O) groups is 1. The van der Waals surface area contributed by atoms with Crippen molar-refractivity contribution in [3.05, 3.63) is 35.6 Å². The Morgan fingerprint density at radius 2 is 2.18 bits per heavy atom. The first-order valence-corrected chi connectivity index (χ1v) is 7.83.